The van der Waals surface area contributed by atoms with Crippen molar-refractivity contribution in [2.75, 3.05) is 7.11 Å². The van der Waals surface area contributed by atoms with Crippen molar-refractivity contribution in [3.8, 4) is 17.1 Å². The lowest BCUT2D eigenvalue weighted by Crippen LogP contribution is -2.29. The predicted octanol–water partition coefficient (Wildman–Crippen LogP) is 1.18. The fourth-order valence-electron chi connectivity index (χ4n) is 2.41. The number of benzene rings is 1. The van der Waals surface area contributed by atoms with E-state index in [1.165, 1.54) is 24.1 Å². The lowest BCUT2D eigenvalue weighted by molar-refractivity contribution is 0.0946. The number of ether oxygens (including phenoxy) is 1. The maximum atomic E-state index is 12.4. The number of aromatic nitrogens is 4. The molecule has 1 amide bonds. The van der Waals surface area contributed by atoms with Crippen molar-refractivity contribution in [1.82, 2.24) is 24.8 Å². The summed E-state index contributed by atoms with van der Waals surface area (Å²) in [6.07, 6.45) is 2.96. The molecule has 0 fully saturated rings. The van der Waals surface area contributed by atoms with Gasteiger partial charge in [0.2, 0.25) is 0 Å². The van der Waals surface area contributed by atoms with Gasteiger partial charge in [-0.25, -0.2) is 15.0 Å². The average molecular weight is 351 g/mol. The van der Waals surface area contributed by atoms with Crippen LogP contribution < -0.4 is 15.6 Å². The molecule has 0 aliphatic heterocycles. The van der Waals surface area contributed by atoms with Gasteiger partial charge in [0.05, 0.1) is 30.6 Å². The van der Waals surface area contributed by atoms with E-state index < -0.39 is 0 Å². The van der Waals surface area contributed by atoms with Crippen molar-refractivity contribution >= 4 is 5.91 Å². The molecule has 2 heterocycles. The summed E-state index contributed by atoms with van der Waals surface area (Å²) < 4.78 is 6.57. The molecule has 0 unspecified atom stereocenters. The standard InChI is InChI=1S/C18H17N5O3/c1-23-16(10-20-18(25)12-5-3-4-6-15(12)26-2)22-14(9-17(23)24)13-7-8-19-11-21-13/h3-9,11H,10H2,1-2H3,(H,20,25). The Morgan fingerprint density at radius 1 is 1.23 bits per heavy atom. The van der Waals surface area contributed by atoms with Gasteiger partial charge in [-0.2, -0.15) is 0 Å². The van der Waals surface area contributed by atoms with Crippen LogP contribution in [0.3, 0.4) is 0 Å². The van der Waals surface area contributed by atoms with Crippen LogP contribution in [-0.2, 0) is 13.6 Å². The van der Waals surface area contributed by atoms with Crippen molar-refractivity contribution in [1.29, 1.82) is 0 Å². The monoisotopic (exact) mass is 351 g/mol. The molecule has 132 valence electrons. The highest BCUT2D eigenvalue weighted by atomic mass is 16.5. The van der Waals surface area contributed by atoms with Gasteiger partial charge in [0.25, 0.3) is 11.5 Å². The number of para-hydroxylation sites is 1. The van der Waals surface area contributed by atoms with Crippen LogP contribution in [0, 0.1) is 0 Å². The van der Waals surface area contributed by atoms with E-state index >= 15 is 0 Å². The Morgan fingerprint density at radius 3 is 2.77 bits per heavy atom. The van der Waals surface area contributed by atoms with Gasteiger partial charge in [-0.1, -0.05) is 12.1 Å². The van der Waals surface area contributed by atoms with E-state index in [4.69, 9.17) is 4.74 Å². The summed E-state index contributed by atoms with van der Waals surface area (Å²) in [6.45, 7) is 0.0849. The zero-order valence-electron chi connectivity index (χ0n) is 14.3. The van der Waals surface area contributed by atoms with E-state index in [2.05, 4.69) is 20.3 Å². The van der Waals surface area contributed by atoms with Crippen molar-refractivity contribution in [2.24, 2.45) is 7.05 Å². The highest BCUT2D eigenvalue weighted by molar-refractivity contribution is 5.96. The van der Waals surface area contributed by atoms with Gasteiger partial charge in [-0.3, -0.25) is 14.2 Å². The minimum Gasteiger partial charge on any atom is -0.496 e. The Bertz CT molecular complexity index is 986. The minimum atomic E-state index is -0.316. The fraction of sp³-hybridized carbons (Fsp3) is 0.167. The fourth-order valence-corrected chi connectivity index (χ4v) is 2.41. The normalized spacial score (nSPS) is 10.4. The molecule has 0 saturated carbocycles. The third-order valence-corrected chi connectivity index (χ3v) is 3.83. The topological polar surface area (TPSA) is 99.0 Å². The van der Waals surface area contributed by atoms with Gasteiger partial charge in [0, 0.05) is 19.3 Å². The maximum absolute atomic E-state index is 12.4. The van der Waals surface area contributed by atoms with Crippen molar-refractivity contribution < 1.29 is 9.53 Å². The molecule has 0 spiro atoms. The number of hydrogen-bond acceptors (Lipinski definition) is 6. The van der Waals surface area contributed by atoms with E-state index in [9.17, 15) is 9.59 Å². The van der Waals surface area contributed by atoms with Crippen LogP contribution in [0.1, 0.15) is 16.2 Å². The third-order valence-electron chi connectivity index (χ3n) is 3.83. The number of methoxy groups -OCH3 is 1. The van der Waals surface area contributed by atoms with E-state index in [1.54, 1.807) is 43.6 Å². The SMILES string of the molecule is COc1ccccc1C(=O)NCc1nc(-c2ccncn2)cc(=O)n1C. The van der Waals surface area contributed by atoms with Crippen LogP contribution in [0.2, 0.25) is 0 Å². The van der Waals surface area contributed by atoms with Gasteiger partial charge < -0.3 is 10.1 Å². The second kappa shape index (κ2) is 7.56. The number of rotatable bonds is 5. The molecule has 0 saturated heterocycles. The summed E-state index contributed by atoms with van der Waals surface area (Å²) in [6, 6.07) is 9.97. The Balaban J connectivity index is 1.85. The predicted molar refractivity (Wildman–Crippen MR) is 94.7 cm³/mol. The van der Waals surface area contributed by atoms with Crippen LogP contribution >= 0.6 is 0 Å². The van der Waals surface area contributed by atoms with Crippen LogP contribution in [-0.4, -0.2) is 32.5 Å². The molecule has 0 aliphatic carbocycles. The largest absolute Gasteiger partial charge is 0.496 e. The van der Waals surface area contributed by atoms with Gasteiger partial charge in [-0.15, -0.1) is 0 Å². The molecular weight excluding hydrogens is 334 g/mol. The number of carbonyl (C=O) groups excluding carboxylic acids is 1. The first-order chi connectivity index (χ1) is 12.6. The van der Waals surface area contributed by atoms with Gasteiger partial charge in [-0.05, 0) is 18.2 Å². The van der Waals surface area contributed by atoms with E-state index in [1.807, 2.05) is 0 Å². The summed E-state index contributed by atoms with van der Waals surface area (Å²) in [7, 11) is 3.10. The van der Waals surface area contributed by atoms with Crippen molar-refractivity contribution in [2.45, 2.75) is 6.54 Å². The summed E-state index contributed by atoms with van der Waals surface area (Å²) in [5.74, 6) is 0.570. The first-order valence-corrected chi connectivity index (χ1v) is 7.84. The molecule has 26 heavy (non-hydrogen) atoms. The molecule has 3 rings (SSSR count). The number of nitrogens with one attached hydrogen (secondary N) is 1. The van der Waals surface area contributed by atoms with Gasteiger partial charge >= 0.3 is 0 Å². The number of amides is 1. The van der Waals surface area contributed by atoms with Gasteiger partial charge in [0.1, 0.15) is 17.9 Å². The molecule has 2 aromatic heterocycles. The Labute approximate surface area is 149 Å². The zero-order valence-corrected chi connectivity index (χ0v) is 14.3. The molecule has 1 aromatic carbocycles. The van der Waals surface area contributed by atoms with E-state index in [-0.39, 0.29) is 18.0 Å². The number of nitrogens with zero attached hydrogens (tertiary/aromatic N) is 4. The Morgan fingerprint density at radius 2 is 2.04 bits per heavy atom. The molecular formula is C18H17N5O3. The number of hydrogen-bond donors (Lipinski definition) is 1. The highest BCUT2D eigenvalue weighted by Gasteiger charge is 2.13. The number of carbonyl (C=O) groups is 1. The molecule has 0 radical (unpaired) electrons. The van der Waals surface area contributed by atoms with Crippen LogP contribution in [0.4, 0.5) is 0 Å². The molecule has 1 N–H and O–H groups in total. The Hall–Kier alpha value is -3.55. The van der Waals surface area contributed by atoms with Crippen molar-refractivity contribution in [3.63, 3.8) is 0 Å². The summed E-state index contributed by atoms with van der Waals surface area (Å²) >= 11 is 0. The van der Waals surface area contributed by atoms with Gasteiger partial charge in [0.15, 0.2) is 0 Å². The second-order valence-corrected chi connectivity index (χ2v) is 5.43. The lowest BCUT2D eigenvalue weighted by Gasteiger charge is -2.12. The smallest absolute Gasteiger partial charge is 0.255 e. The van der Waals surface area contributed by atoms with Crippen LogP contribution in [0.5, 0.6) is 5.75 Å². The summed E-state index contributed by atoms with van der Waals surface area (Å²) in [5.41, 5.74) is 1.13. The zero-order chi connectivity index (χ0) is 18.5. The van der Waals surface area contributed by atoms with Crippen LogP contribution in [0.15, 0.2) is 53.7 Å². The Kier molecular flexibility index (Phi) is 5.02. The second-order valence-electron chi connectivity index (χ2n) is 5.43. The van der Waals surface area contributed by atoms with E-state index in [0.29, 0.717) is 28.5 Å². The molecule has 0 bridgehead atoms. The maximum Gasteiger partial charge on any atom is 0.255 e. The molecule has 0 atom stereocenters. The first kappa shape index (κ1) is 17.3. The first-order valence-electron chi connectivity index (χ1n) is 7.84. The third kappa shape index (κ3) is 3.59. The highest BCUT2D eigenvalue weighted by Crippen LogP contribution is 2.17. The average Bonchev–Trinajstić information content (AvgIpc) is 2.69. The quantitative estimate of drug-likeness (QED) is 0.741. The summed E-state index contributed by atoms with van der Waals surface area (Å²) in [5, 5.41) is 2.76. The molecule has 3 aromatic rings. The minimum absolute atomic E-state index is 0.0849. The van der Waals surface area contributed by atoms with Crippen LogP contribution in [0.25, 0.3) is 11.4 Å². The summed E-state index contributed by atoms with van der Waals surface area (Å²) in [4.78, 5) is 37.0. The van der Waals surface area contributed by atoms with Crippen molar-refractivity contribution in [3.05, 3.63) is 70.7 Å². The molecule has 0 aliphatic rings. The molecule has 8 nitrogen and oxygen atoms in total. The van der Waals surface area contributed by atoms with E-state index in [0.717, 1.165) is 0 Å². The molecule has 8 heteroatoms. The lowest BCUT2D eigenvalue weighted by atomic mass is 10.2.